The van der Waals surface area contributed by atoms with Crippen molar-refractivity contribution in [3.8, 4) is 0 Å². The summed E-state index contributed by atoms with van der Waals surface area (Å²) in [4.78, 5) is 25.4. The quantitative estimate of drug-likeness (QED) is 0.625. The van der Waals surface area contributed by atoms with E-state index in [-0.39, 0.29) is 18.7 Å². The zero-order valence-corrected chi connectivity index (χ0v) is 13.2. The van der Waals surface area contributed by atoms with E-state index in [1.165, 1.54) is 6.08 Å². The minimum Gasteiger partial charge on any atom is -0.394 e. The molecule has 1 aliphatic heterocycles. The predicted octanol–water partition coefficient (Wildman–Crippen LogP) is -0.340. The number of hydrogen-bond acceptors (Lipinski definition) is 6. The van der Waals surface area contributed by atoms with Crippen molar-refractivity contribution < 1.29 is 14.9 Å². The Balaban J connectivity index is 2.40. The van der Waals surface area contributed by atoms with Gasteiger partial charge in [0.15, 0.2) is 11.9 Å². The van der Waals surface area contributed by atoms with Gasteiger partial charge < -0.3 is 14.9 Å². The number of rotatable bonds is 3. The SMILES string of the molecule is O=c1[nH]c(=O)n([C@H]2C[C@H](O)[C@@H](CO)O2)nc1C=C(Br)Br. The van der Waals surface area contributed by atoms with Crippen LogP contribution in [0.3, 0.4) is 0 Å². The lowest BCUT2D eigenvalue weighted by atomic mass is 10.2. The fourth-order valence-electron chi connectivity index (χ4n) is 1.85. The molecule has 0 aromatic carbocycles. The molecule has 1 aromatic heterocycles. The van der Waals surface area contributed by atoms with E-state index >= 15 is 0 Å². The van der Waals surface area contributed by atoms with Crippen LogP contribution in [0.1, 0.15) is 18.3 Å². The summed E-state index contributed by atoms with van der Waals surface area (Å²) in [5.74, 6) is 0. The average molecular weight is 413 g/mol. The van der Waals surface area contributed by atoms with E-state index < -0.39 is 29.7 Å². The molecule has 3 N–H and O–H groups in total. The molecule has 2 heterocycles. The second kappa shape index (κ2) is 6.31. The molecular weight excluding hydrogens is 402 g/mol. The zero-order valence-electron chi connectivity index (χ0n) is 9.99. The molecule has 110 valence electrons. The number of nitrogens with one attached hydrogen (secondary N) is 1. The molecule has 0 bridgehead atoms. The molecular formula is C10H11Br2N3O5. The van der Waals surface area contributed by atoms with Gasteiger partial charge >= 0.3 is 5.69 Å². The number of H-pyrrole nitrogens is 1. The predicted molar refractivity (Wildman–Crippen MR) is 76.6 cm³/mol. The summed E-state index contributed by atoms with van der Waals surface area (Å²) in [6.45, 7) is -0.366. The van der Waals surface area contributed by atoms with Crippen LogP contribution in [0, 0.1) is 0 Å². The van der Waals surface area contributed by atoms with Crippen molar-refractivity contribution in [3.05, 3.63) is 29.9 Å². The van der Waals surface area contributed by atoms with Crippen molar-refractivity contribution in [2.45, 2.75) is 24.9 Å². The molecule has 0 saturated carbocycles. The van der Waals surface area contributed by atoms with Crippen molar-refractivity contribution in [3.63, 3.8) is 0 Å². The summed E-state index contributed by atoms with van der Waals surface area (Å²) >= 11 is 6.19. The highest BCUT2D eigenvalue weighted by molar-refractivity contribution is 9.28. The molecule has 0 unspecified atom stereocenters. The summed E-state index contributed by atoms with van der Waals surface area (Å²) in [6.07, 6.45) is -1.03. The molecule has 1 aromatic rings. The van der Waals surface area contributed by atoms with Crippen LogP contribution in [0.4, 0.5) is 0 Å². The molecule has 10 heteroatoms. The van der Waals surface area contributed by atoms with Gasteiger partial charge in [-0.15, -0.1) is 0 Å². The molecule has 2 rings (SSSR count). The van der Waals surface area contributed by atoms with Gasteiger partial charge in [0.25, 0.3) is 5.56 Å². The highest BCUT2D eigenvalue weighted by atomic mass is 79.9. The van der Waals surface area contributed by atoms with Gasteiger partial charge in [0, 0.05) is 6.42 Å². The van der Waals surface area contributed by atoms with Crippen LogP contribution >= 0.6 is 31.9 Å². The van der Waals surface area contributed by atoms with Gasteiger partial charge in [0.2, 0.25) is 0 Å². The number of nitrogens with zero attached hydrogens (tertiary/aromatic N) is 2. The highest BCUT2D eigenvalue weighted by Gasteiger charge is 2.35. The van der Waals surface area contributed by atoms with Crippen molar-refractivity contribution in [1.82, 2.24) is 14.8 Å². The van der Waals surface area contributed by atoms with Crippen LogP contribution < -0.4 is 11.2 Å². The number of aliphatic hydroxyl groups excluding tert-OH is 2. The Hall–Kier alpha value is -0.810. The Kier molecular flexibility index (Phi) is 4.91. The van der Waals surface area contributed by atoms with Crippen molar-refractivity contribution >= 4 is 37.9 Å². The van der Waals surface area contributed by atoms with E-state index in [9.17, 15) is 14.7 Å². The van der Waals surface area contributed by atoms with Gasteiger partial charge in [0.05, 0.1) is 16.1 Å². The molecule has 20 heavy (non-hydrogen) atoms. The van der Waals surface area contributed by atoms with E-state index in [2.05, 4.69) is 41.9 Å². The van der Waals surface area contributed by atoms with Gasteiger partial charge in [-0.2, -0.15) is 9.78 Å². The minimum atomic E-state index is -0.896. The molecule has 0 aliphatic carbocycles. The lowest BCUT2D eigenvalue weighted by Crippen LogP contribution is -2.36. The number of hydrogen-bond donors (Lipinski definition) is 3. The standard InChI is InChI=1S/C10H11Br2N3O5/c11-7(12)1-4-9(18)13-10(19)15(14-4)8-2-5(17)6(3-16)20-8/h1,5-6,8,16-17H,2-3H2,(H,13,18,19)/t5-,6+,8+/m0/s1. The van der Waals surface area contributed by atoms with Crippen molar-refractivity contribution in [1.29, 1.82) is 0 Å². The normalized spacial score (nSPS) is 25.7. The summed E-state index contributed by atoms with van der Waals surface area (Å²) in [5, 5.41) is 22.6. The first-order chi connectivity index (χ1) is 9.42. The van der Waals surface area contributed by atoms with Crippen LogP contribution in [0.2, 0.25) is 0 Å². The van der Waals surface area contributed by atoms with E-state index in [4.69, 9.17) is 9.84 Å². The molecule has 1 aliphatic rings. The maximum absolute atomic E-state index is 11.7. The largest absolute Gasteiger partial charge is 0.394 e. The van der Waals surface area contributed by atoms with Crippen molar-refractivity contribution in [2.75, 3.05) is 6.61 Å². The van der Waals surface area contributed by atoms with Gasteiger partial charge in [-0.1, -0.05) is 0 Å². The van der Waals surface area contributed by atoms with Crippen LogP contribution in [0.25, 0.3) is 6.08 Å². The molecule has 8 nitrogen and oxygen atoms in total. The van der Waals surface area contributed by atoms with Crippen molar-refractivity contribution in [2.24, 2.45) is 0 Å². The first-order valence-electron chi connectivity index (χ1n) is 5.62. The fraction of sp³-hybridized carbons (Fsp3) is 0.500. The van der Waals surface area contributed by atoms with E-state index in [0.29, 0.717) is 3.39 Å². The summed E-state index contributed by atoms with van der Waals surface area (Å²) in [7, 11) is 0. The maximum atomic E-state index is 11.7. The zero-order chi connectivity index (χ0) is 14.9. The Labute approximate surface area is 129 Å². The number of aromatic amines is 1. The minimum absolute atomic E-state index is 0.00103. The number of aliphatic hydroxyl groups is 2. The van der Waals surface area contributed by atoms with Gasteiger partial charge in [0.1, 0.15) is 6.10 Å². The first-order valence-corrected chi connectivity index (χ1v) is 7.21. The Morgan fingerprint density at radius 3 is 2.80 bits per heavy atom. The number of ether oxygens (including phenoxy) is 1. The molecule has 1 fully saturated rings. The van der Waals surface area contributed by atoms with Gasteiger partial charge in [-0.05, 0) is 37.9 Å². The first kappa shape index (κ1) is 15.6. The fourth-order valence-corrected chi connectivity index (χ4v) is 2.28. The van der Waals surface area contributed by atoms with E-state index in [1.807, 2.05) is 0 Å². The van der Waals surface area contributed by atoms with E-state index in [1.54, 1.807) is 0 Å². The van der Waals surface area contributed by atoms with Crippen LogP contribution in [-0.2, 0) is 4.74 Å². The highest BCUT2D eigenvalue weighted by Crippen LogP contribution is 2.26. The molecule has 3 atom stereocenters. The van der Waals surface area contributed by atoms with Crippen LogP contribution in [0.5, 0.6) is 0 Å². The Morgan fingerprint density at radius 1 is 1.55 bits per heavy atom. The lowest BCUT2D eigenvalue weighted by Gasteiger charge is -2.13. The Morgan fingerprint density at radius 2 is 2.25 bits per heavy atom. The summed E-state index contributed by atoms with van der Waals surface area (Å²) < 4.78 is 6.74. The topological polar surface area (TPSA) is 117 Å². The monoisotopic (exact) mass is 411 g/mol. The Bertz CT molecular complexity index is 637. The maximum Gasteiger partial charge on any atom is 0.347 e. The third-order valence-electron chi connectivity index (χ3n) is 2.78. The molecule has 0 radical (unpaired) electrons. The number of halogens is 2. The summed E-state index contributed by atoms with van der Waals surface area (Å²) in [6, 6.07) is 0. The third kappa shape index (κ3) is 3.26. The molecule has 0 amide bonds. The average Bonchev–Trinajstić information content (AvgIpc) is 2.73. The summed E-state index contributed by atoms with van der Waals surface area (Å²) in [5.41, 5.74) is -1.38. The van der Waals surface area contributed by atoms with Crippen LogP contribution in [-0.4, -0.2) is 43.8 Å². The lowest BCUT2D eigenvalue weighted by molar-refractivity contribution is -0.0507. The number of aromatic nitrogens is 3. The second-order valence-corrected chi connectivity index (χ2v) is 6.91. The van der Waals surface area contributed by atoms with Crippen LogP contribution in [0.15, 0.2) is 13.0 Å². The molecule has 0 spiro atoms. The third-order valence-corrected chi connectivity index (χ3v) is 3.24. The van der Waals surface area contributed by atoms with Gasteiger partial charge in [-0.25, -0.2) is 4.79 Å². The van der Waals surface area contributed by atoms with Gasteiger partial charge in [-0.3, -0.25) is 9.78 Å². The molecule has 1 saturated heterocycles. The smallest absolute Gasteiger partial charge is 0.347 e. The van der Waals surface area contributed by atoms with E-state index in [0.717, 1.165) is 4.68 Å². The second-order valence-electron chi connectivity index (χ2n) is 4.14.